The van der Waals surface area contributed by atoms with Gasteiger partial charge in [0.1, 0.15) is 5.75 Å². The number of hydrogen-bond donors (Lipinski definition) is 1. The van der Waals surface area contributed by atoms with Gasteiger partial charge < -0.3 is 10.0 Å². The van der Waals surface area contributed by atoms with Crippen molar-refractivity contribution in [1.29, 1.82) is 0 Å². The molecule has 0 aliphatic carbocycles. The second kappa shape index (κ2) is 6.92. The fourth-order valence-electron chi connectivity index (χ4n) is 3.25. The van der Waals surface area contributed by atoms with Crippen molar-refractivity contribution in [3.63, 3.8) is 0 Å². The van der Waals surface area contributed by atoms with E-state index in [2.05, 4.69) is 9.88 Å². The van der Waals surface area contributed by atoms with E-state index in [0.29, 0.717) is 18.7 Å². The number of aromatic nitrogens is 2. The lowest BCUT2D eigenvalue weighted by Crippen LogP contribution is -2.38. The van der Waals surface area contributed by atoms with Crippen LogP contribution in [0.2, 0.25) is 5.02 Å². The monoisotopic (exact) mass is 387 g/mol. The standard InChI is InChI=1S/C17H17ClF3N3O2/c1-23-4-2-3-11(8-23)24-9-22-7-12(16(24)26)15-13(18)5-10(6-14(15)25)17(19,20)21/h5-7,9,11,25H,2-4,8H2,1H3/t11-/m1/s1. The molecule has 1 fully saturated rings. The lowest BCUT2D eigenvalue weighted by atomic mass is 10.0. The Kier molecular flexibility index (Phi) is 4.98. The number of rotatable bonds is 2. The highest BCUT2D eigenvalue weighted by Crippen LogP contribution is 2.40. The van der Waals surface area contributed by atoms with Gasteiger partial charge in [-0.3, -0.25) is 9.36 Å². The molecule has 0 unspecified atom stereocenters. The summed E-state index contributed by atoms with van der Waals surface area (Å²) in [6.07, 6.45) is -0.321. The number of phenols is 1. The fourth-order valence-corrected chi connectivity index (χ4v) is 3.56. The quantitative estimate of drug-likeness (QED) is 0.856. The number of likely N-dealkylation sites (tertiary alicyclic amines) is 1. The molecule has 1 aliphatic heterocycles. The molecular weight excluding hydrogens is 371 g/mol. The third-order valence-electron chi connectivity index (χ3n) is 4.52. The van der Waals surface area contributed by atoms with Gasteiger partial charge in [-0.2, -0.15) is 13.2 Å². The maximum atomic E-state index is 12.9. The van der Waals surface area contributed by atoms with E-state index < -0.39 is 23.0 Å². The molecule has 0 saturated carbocycles. The molecule has 9 heteroatoms. The summed E-state index contributed by atoms with van der Waals surface area (Å²) in [6.45, 7) is 1.60. The van der Waals surface area contributed by atoms with Crippen LogP contribution in [0, 0.1) is 0 Å². The van der Waals surface area contributed by atoms with Crippen LogP contribution in [0.3, 0.4) is 0 Å². The zero-order chi connectivity index (χ0) is 19.1. The first-order valence-corrected chi connectivity index (χ1v) is 8.41. The summed E-state index contributed by atoms with van der Waals surface area (Å²) < 4.78 is 40.0. The Morgan fingerprint density at radius 1 is 1.35 bits per heavy atom. The normalized spacial score (nSPS) is 18.9. The maximum absolute atomic E-state index is 12.9. The first-order valence-electron chi connectivity index (χ1n) is 8.03. The molecule has 0 bridgehead atoms. The van der Waals surface area contributed by atoms with Gasteiger partial charge in [0, 0.05) is 18.3 Å². The van der Waals surface area contributed by atoms with Crippen LogP contribution >= 0.6 is 11.6 Å². The van der Waals surface area contributed by atoms with Crippen molar-refractivity contribution >= 4 is 11.6 Å². The molecule has 1 N–H and O–H groups in total. The highest BCUT2D eigenvalue weighted by Gasteiger charge is 2.33. The third-order valence-corrected chi connectivity index (χ3v) is 4.82. The number of piperidine rings is 1. The van der Waals surface area contributed by atoms with E-state index in [1.807, 2.05) is 7.05 Å². The summed E-state index contributed by atoms with van der Waals surface area (Å²) in [6, 6.07) is 1.16. The van der Waals surface area contributed by atoms with Crippen molar-refractivity contribution in [3.8, 4) is 16.9 Å². The van der Waals surface area contributed by atoms with Crippen LogP contribution in [0.1, 0.15) is 24.4 Å². The molecule has 1 atom stereocenters. The second-order valence-corrected chi connectivity index (χ2v) is 6.84. The van der Waals surface area contributed by atoms with Crippen molar-refractivity contribution in [2.24, 2.45) is 0 Å². The van der Waals surface area contributed by atoms with Gasteiger partial charge in [-0.15, -0.1) is 0 Å². The Morgan fingerprint density at radius 3 is 2.69 bits per heavy atom. The molecule has 0 spiro atoms. The largest absolute Gasteiger partial charge is 0.507 e. The fraction of sp³-hybridized carbons (Fsp3) is 0.412. The van der Waals surface area contributed by atoms with Crippen LogP contribution in [0.25, 0.3) is 11.1 Å². The summed E-state index contributed by atoms with van der Waals surface area (Å²) in [5, 5.41) is 9.74. The number of benzene rings is 1. The molecule has 1 aromatic carbocycles. The summed E-state index contributed by atoms with van der Waals surface area (Å²) in [7, 11) is 1.95. The molecule has 2 heterocycles. The van der Waals surface area contributed by atoms with Crippen LogP contribution in [0.4, 0.5) is 13.2 Å². The minimum Gasteiger partial charge on any atom is -0.507 e. The van der Waals surface area contributed by atoms with Crippen molar-refractivity contribution in [1.82, 2.24) is 14.5 Å². The van der Waals surface area contributed by atoms with E-state index in [0.717, 1.165) is 19.4 Å². The summed E-state index contributed by atoms with van der Waals surface area (Å²) in [4.78, 5) is 19.0. The number of alkyl halides is 3. The smallest absolute Gasteiger partial charge is 0.416 e. The van der Waals surface area contributed by atoms with E-state index >= 15 is 0 Å². The minimum atomic E-state index is -4.65. The Labute approximate surface area is 152 Å². The topological polar surface area (TPSA) is 58.4 Å². The molecule has 26 heavy (non-hydrogen) atoms. The molecule has 3 rings (SSSR count). The number of aromatic hydroxyl groups is 1. The van der Waals surface area contributed by atoms with Crippen LogP contribution in [0.15, 0.2) is 29.5 Å². The summed E-state index contributed by atoms with van der Waals surface area (Å²) in [5.74, 6) is -0.706. The number of hydrogen-bond acceptors (Lipinski definition) is 4. The highest BCUT2D eigenvalue weighted by molar-refractivity contribution is 6.33. The highest BCUT2D eigenvalue weighted by atomic mass is 35.5. The van der Waals surface area contributed by atoms with Crippen LogP contribution in [0.5, 0.6) is 5.75 Å². The molecule has 2 aromatic rings. The number of nitrogens with zero attached hydrogens (tertiary/aromatic N) is 3. The molecule has 140 valence electrons. The van der Waals surface area contributed by atoms with Gasteiger partial charge in [-0.1, -0.05) is 11.6 Å². The van der Waals surface area contributed by atoms with E-state index in [1.54, 1.807) is 0 Å². The Bertz CT molecular complexity index is 859. The van der Waals surface area contributed by atoms with Crippen molar-refractivity contribution in [3.05, 3.63) is 45.6 Å². The molecule has 1 saturated heterocycles. The molecule has 1 aromatic heterocycles. The zero-order valence-corrected chi connectivity index (χ0v) is 14.7. The maximum Gasteiger partial charge on any atom is 0.416 e. The van der Waals surface area contributed by atoms with Gasteiger partial charge in [0.15, 0.2) is 0 Å². The lowest BCUT2D eigenvalue weighted by molar-refractivity contribution is -0.137. The van der Waals surface area contributed by atoms with Crippen molar-refractivity contribution in [2.75, 3.05) is 20.1 Å². The van der Waals surface area contributed by atoms with Crippen molar-refractivity contribution < 1.29 is 18.3 Å². The minimum absolute atomic E-state index is 0.0306. The molecule has 0 amide bonds. The Hall–Kier alpha value is -2.06. The van der Waals surface area contributed by atoms with Crippen molar-refractivity contribution in [2.45, 2.75) is 25.1 Å². The van der Waals surface area contributed by atoms with E-state index in [4.69, 9.17) is 11.6 Å². The van der Waals surface area contributed by atoms with E-state index in [9.17, 15) is 23.1 Å². The van der Waals surface area contributed by atoms with Gasteiger partial charge >= 0.3 is 6.18 Å². The van der Waals surface area contributed by atoms with Gasteiger partial charge in [0.25, 0.3) is 5.56 Å². The van der Waals surface area contributed by atoms with Gasteiger partial charge in [0.2, 0.25) is 0 Å². The van der Waals surface area contributed by atoms with E-state index in [-0.39, 0.29) is 22.2 Å². The average Bonchev–Trinajstić information content (AvgIpc) is 2.55. The van der Waals surface area contributed by atoms with Crippen LogP contribution < -0.4 is 5.56 Å². The zero-order valence-electron chi connectivity index (χ0n) is 13.9. The molecular formula is C17H17ClF3N3O2. The van der Waals surface area contributed by atoms with E-state index in [1.165, 1.54) is 17.1 Å². The first kappa shape index (κ1) is 18.7. The molecule has 1 aliphatic rings. The first-order chi connectivity index (χ1) is 12.2. The molecule has 5 nitrogen and oxygen atoms in total. The predicted molar refractivity (Wildman–Crippen MR) is 91.4 cm³/mol. The van der Waals surface area contributed by atoms with Gasteiger partial charge in [-0.05, 0) is 38.6 Å². The predicted octanol–water partition coefficient (Wildman–Crippen LogP) is 3.55. The molecule has 0 radical (unpaired) electrons. The number of halogens is 4. The van der Waals surface area contributed by atoms with Crippen LogP contribution in [-0.4, -0.2) is 39.7 Å². The SMILES string of the molecule is CN1CCC[C@@H](n2cncc(-c3c(O)cc(C(F)(F)F)cc3Cl)c2=O)C1. The number of phenolic OH excluding ortho intramolecular Hbond substituents is 1. The lowest BCUT2D eigenvalue weighted by Gasteiger charge is -2.30. The third kappa shape index (κ3) is 3.57. The summed E-state index contributed by atoms with van der Waals surface area (Å²) in [5.41, 5.74) is -1.70. The van der Waals surface area contributed by atoms with Gasteiger partial charge in [0.05, 0.1) is 28.5 Å². The Balaban J connectivity index is 2.08. The summed E-state index contributed by atoms with van der Waals surface area (Å²) >= 11 is 5.96. The Morgan fingerprint density at radius 2 is 2.08 bits per heavy atom. The second-order valence-electron chi connectivity index (χ2n) is 6.43. The van der Waals surface area contributed by atoms with Gasteiger partial charge in [-0.25, -0.2) is 4.98 Å². The number of likely N-dealkylation sites (N-methyl/N-ethyl adjacent to an activating group) is 1. The van der Waals surface area contributed by atoms with Crippen LogP contribution in [-0.2, 0) is 6.18 Å². The average molecular weight is 388 g/mol.